The van der Waals surface area contributed by atoms with Gasteiger partial charge in [-0.15, -0.1) is 0 Å². The lowest BCUT2D eigenvalue weighted by Gasteiger charge is -2.43. The largest absolute Gasteiger partial charge is 0.493 e. The molecule has 0 spiro atoms. The third-order valence-corrected chi connectivity index (χ3v) is 3.55. The molecular weight excluding hydrogens is 259 g/mol. The summed E-state index contributed by atoms with van der Waals surface area (Å²) in [5, 5.41) is 12.1. The molecule has 0 fully saturated rings. The van der Waals surface area contributed by atoms with Crippen molar-refractivity contribution in [3.8, 4) is 5.75 Å². The Morgan fingerprint density at radius 3 is 2.74 bits per heavy atom. The van der Waals surface area contributed by atoms with Crippen molar-refractivity contribution in [2.75, 3.05) is 19.8 Å². The molecule has 1 aromatic carbocycles. The number of nitrogens with one attached hydrogen (secondary N) is 1. The van der Waals surface area contributed by atoms with Gasteiger partial charge < -0.3 is 9.84 Å². The molecule has 1 aromatic rings. The summed E-state index contributed by atoms with van der Waals surface area (Å²) in [6.07, 6.45) is -4.32. The summed E-state index contributed by atoms with van der Waals surface area (Å²) in [5.41, 5.74) is -0.551. The van der Waals surface area contributed by atoms with E-state index in [1.54, 1.807) is 31.2 Å². The van der Waals surface area contributed by atoms with E-state index in [0.29, 0.717) is 11.3 Å². The summed E-state index contributed by atoms with van der Waals surface area (Å²) in [7, 11) is 0. The smallest absolute Gasteiger partial charge is 0.401 e. The van der Waals surface area contributed by atoms with Crippen LogP contribution in [0.3, 0.4) is 0 Å². The van der Waals surface area contributed by atoms with E-state index in [4.69, 9.17) is 4.74 Å². The van der Waals surface area contributed by atoms with Gasteiger partial charge in [0.25, 0.3) is 0 Å². The third kappa shape index (κ3) is 2.69. The van der Waals surface area contributed by atoms with Crippen molar-refractivity contribution < 1.29 is 23.0 Å². The summed E-state index contributed by atoms with van der Waals surface area (Å²) in [5.74, 6) is 0.249. The van der Waals surface area contributed by atoms with E-state index in [0.717, 1.165) is 0 Å². The molecule has 0 amide bonds. The van der Waals surface area contributed by atoms with Crippen molar-refractivity contribution >= 4 is 0 Å². The van der Waals surface area contributed by atoms with Gasteiger partial charge in [0.2, 0.25) is 0 Å². The number of para-hydroxylation sites is 1. The Bertz CT molecular complexity index is 450. The van der Waals surface area contributed by atoms with Crippen LogP contribution in [0.25, 0.3) is 0 Å². The minimum Gasteiger partial charge on any atom is -0.493 e. The van der Waals surface area contributed by atoms with E-state index >= 15 is 0 Å². The Labute approximate surface area is 109 Å². The lowest BCUT2D eigenvalue weighted by atomic mass is 9.77. The molecule has 0 saturated carbocycles. The van der Waals surface area contributed by atoms with Gasteiger partial charge in [-0.05, 0) is 6.07 Å². The number of hydrogen-bond acceptors (Lipinski definition) is 3. The van der Waals surface area contributed by atoms with Crippen molar-refractivity contribution in [1.82, 2.24) is 5.32 Å². The van der Waals surface area contributed by atoms with E-state index in [1.165, 1.54) is 0 Å². The molecule has 6 heteroatoms. The number of fused-ring (bicyclic) bond motifs is 1. The van der Waals surface area contributed by atoms with Crippen molar-refractivity contribution in [1.29, 1.82) is 0 Å². The summed E-state index contributed by atoms with van der Waals surface area (Å²) >= 11 is 0. The summed E-state index contributed by atoms with van der Waals surface area (Å²) in [6, 6.07) is 6.85. The molecule has 1 heterocycles. The topological polar surface area (TPSA) is 41.5 Å². The second kappa shape index (κ2) is 5.02. The second-order valence-electron chi connectivity index (χ2n) is 4.81. The minimum absolute atomic E-state index is 0.266. The first-order valence-corrected chi connectivity index (χ1v) is 6.04. The van der Waals surface area contributed by atoms with Gasteiger partial charge in [-0.25, -0.2) is 0 Å². The van der Waals surface area contributed by atoms with E-state index in [2.05, 4.69) is 5.32 Å². The Morgan fingerprint density at radius 2 is 2.11 bits per heavy atom. The fourth-order valence-electron chi connectivity index (χ4n) is 2.41. The highest BCUT2D eigenvalue weighted by Crippen LogP contribution is 2.40. The zero-order valence-electron chi connectivity index (χ0n) is 10.5. The standard InChI is InChI=1S/C13H16F3NO2/c1-9-6-19-11-5-3-2-4-10(11)12(9,8-18)17-7-13(14,15)16/h2-5,9,17-18H,6-8H2,1H3. The molecule has 1 aliphatic rings. The van der Waals surface area contributed by atoms with Crippen LogP contribution in [0, 0.1) is 5.92 Å². The number of rotatable bonds is 3. The Morgan fingerprint density at radius 1 is 1.42 bits per heavy atom. The van der Waals surface area contributed by atoms with Gasteiger partial charge in [-0.1, -0.05) is 25.1 Å². The van der Waals surface area contributed by atoms with E-state index in [9.17, 15) is 18.3 Å². The van der Waals surface area contributed by atoms with Crippen LogP contribution < -0.4 is 10.1 Å². The zero-order valence-corrected chi connectivity index (χ0v) is 10.5. The zero-order chi connectivity index (χ0) is 14.1. The second-order valence-corrected chi connectivity index (χ2v) is 4.81. The summed E-state index contributed by atoms with van der Waals surface area (Å²) < 4.78 is 42.8. The highest BCUT2D eigenvalue weighted by molar-refractivity contribution is 5.41. The van der Waals surface area contributed by atoms with Crippen LogP contribution in [-0.4, -0.2) is 31.0 Å². The van der Waals surface area contributed by atoms with E-state index in [-0.39, 0.29) is 12.5 Å². The van der Waals surface area contributed by atoms with Crippen LogP contribution in [0.2, 0.25) is 0 Å². The molecule has 2 atom stereocenters. The van der Waals surface area contributed by atoms with E-state index < -0.39 is 24.9 Å². The predicted molar refractivity (Wildman–Crippen MR) is 63.9 cm³/mol. The molecule has 3 nitrogen and oxygen atoms in total. The number of aliphatic hydroxyl groups is 1. The SMILES string of the molecule is CC1COc2ccccc2C1(CO)NCC(F)(F)F. The first kappa shape index (κ1) is 14.1. The number of hydrogen-bond donors (Lipinski definition) is 2. The molecule has 2 N–H and O–H groups in total. The normalized spacial score (nSPS) is 26.7. The Kier molecular flexibility index (Phi) is 3.73. The predicted octanol–water partition coefficient (Wildman–Crippen LogP) is 2.05. The average molecular weight is 275 g/mol. The number of halogens is 3. The van der Waals surface area contributed by atoms with Gasteiger partial charge in [0.15, 0.2) is 0 Å². The Balaban J connectivity index is 2.36. The maximum absolute atomic E-state index is 12.4. The highest BCUT2D eigenvalue weighted by atomic mass is 19.4. The van der Waals surface area contributed by atoms with Crippen molar-refractivity contribution in [3.05, 3.63) is 29.8 Å². The number of alkyl halides is 3. The van der Waals surface area contributed by atoms with Gasteiger partial charge >= 0.3 is 6.18 Å². The van der Waals surface area contributed by atoms with Crippen LogP contribution in [0.15, 0.2) is 24.3 Å². The highest BCUT2D eigenvalue weighted by Gasteiger charge is 2.44. The fourth-order valence-corrected chi connectivity index (χ4v) is 2.41. The van der Waals surface area contributed by atoms with Gasteiger partial charge in [-0.3, -0.25) is 5.32 Å². The molecule has 19 heavy (non-hydrogen) atoms. The molecule has 0 radical (unpaired) electrons. The van der Waals surface area contributed by atoms with Crippen molar-refractivity contribution in [2.45, 2.75) is 18.6 Å². The Hall–Kier alpha value is -1.27. The van der Waals surface area contributed by atoms with Crippen LogP contribution in [0.4, 0.5) is 13.2 Å². The van der Waals surface area contributed by atoms with Gasteiger partial charge in [0, 0.05) is 11.5 Å². The molecular formula is C13H16F3NO2. The first-order chi connectivity index (χ1) is 8.89. The van der Waals surface area contributed by atoms with Crippen LogP contribution in [0.1, 0.15) is 12.5 Å². The number of ether oxygens (including phenoxy) is 1. The molecule has 2 rings (SSSR count). The lowest BCUT2D eigenvalue weighted by molar-refractivity contribution is -0.133. The van der Waals surface area contributed by atoms with Gasteiger partial charge in [-0.2, -0.15) is 13.2 Å². The summed E-state index contributed by atoms with van der Waals surface area (Å²) in [6.45, 7) is 0.467. The van der Waals surface area contributed by atoms with Crippen LogP contribution in [0.5, 0.6) is 5.75 Å². The fraction of sp³-hybridized carbons (Fsp3) is 0.538. The molecule has 0 aliphatic carbocycles. The molecule has 0 aromatic heterocycles. The molecule has 2 unspecified atom stereocenters. The molecule has 0 bridgehead atoms. The number of aliphatic hydroxyl groups excluding tert-OH is 1. The van der Waals surface area contributed by atoms with Gasteiger partial charge in [0.1, 0.15) is 5.75 Å². The van der Waals surface area contributed by atoms with E-state index in [1.807, 2.05) is 0 Å². The maximum atomic E-state index is 12.4. The van der Waals surface area contributed by atoms with Crippen LogP contribution >= 0.6 is 0 Å². The number of benzene rings is 1. The maximum Gasteiger partial charge on any atom is 0.401 e. The molecule has 0 saturated heterocycles. The van der Waals surface area contributed by atoms with Crippen molar-refractivity contribution in [2.24, 2.45) is 5.92 Å². The molecule has 106 valence electrons. The monoisotopic (exact) mass is 275 g/mol. The van der Waals surface area contributed by atoms with Gasteiger partial charge in [0.05, 0.1) is 25.3 Å². The molecule has 1 aliphatic heterocycles. The average Bonchev–Trinajstić information content (AvgIpc) is 2.37. The quantitative estimate of drug-likeness (QED) is 0.887. The first-order valence-electron chi connectivity index (χ1n) is 6.04. The minimum atomic E-state index is -4.32. The van der Waals surface area contributed by atoms with Crippen molar-refractivity contribution in [3.63, 3.8) is 0 Å². The lowest BCUT2D eigenvalue weighted by Crippen LogP contribution is -2.56. The summed E-state index contributed by atoms with van der Waals surface area (Å²) in [4.78, 5) is 0. The third-order valence-electron chi connectivity index (χ3n) is 3.55. The van der Waals surface area contributed by atoms with Crippen LogP contribution in [-0.2, 0) is 5.54 Å².